The van der Waals surface area contributed by atoms with Gasteiger partial charge in [-0.1, -0.05) is 17.7 Å². The van der Waals surface area contributed by atoms with E-state index in [0.29, 0.717) is 34.1 Å². The van der Waals surface area contributed by atoms with Crippen molar-refractivity contribution in [3.05, 3.63) is 88.9 Å². The summed E-state index contributed by atoms with van der Waals surface area (Å²) in [4.78, 5) is 24.6. The number of rotatable bonds is 6. The summed E-state index contributed by atoms with van der Waals surface area (Å²) in [5, 5.41) is 6.09. The summed E-state index contributed by atoms with van der Waals surface area (Å²) in [6.45, 7) is 2.50. The molecule has 0 saturated heterocycles. The monoisotopic (exact) mass is 394 g/mol. The maximum atomic E-state index is 12.4. The number of anilines is 2. The number of carbonyl (C=O) groups excluding carboxylic acids is 2. The number of ether oxygens (including phenoxy) is 1. The average molecular weight is 395 g/mol. The van der Waals surface area contributed by atoms with Gasteiger partial charge in [0.05, 0.1) is 6.61 Å². The Hall–Kier alpha value is -3.31. The van der Waals surface area contributed by atoms with Gasteiger partial charge in [0, 0.05) is 27.5 Å². The van der Waals surface area contributed by atoms with E-state index in [-0.39, 0.29) is 11.8 Å². The Morgan fingerprint density at radius 2 is 1.39 bits per heavy atom. The molecule has 142 valence electrons. The first-order valence-electron chi connectivity index (χ1n) is 8.76. The molecule has 2 amide bonds. The van der Waals surface area contributed by atoms with Gasteiger partial charge in [-0.25, -0.2) is 0 Å². The fourth-order valence-corrected chi connectivity index (χ4v) is 2.73. The zero-order chi connectivity index (χ0) is 19.9. The summed E-state index contributed by atoms with van der Waals surface area (Å²) in [7, 11) is 0. The third-order valence-corrected chi connectivity index (χ3v) is 4.15. The maximum Gasteiger partial charge on any atom is 0.255 e. The van der Waals surface area contributed by atoms with E-state index in [9.17, 15) is 9.59 Å². The Bertz CT molecular complexity index is 970. The molecule has 0 aliphatic rings. The molecule has 3 aromatic carbocycles. The van der Waals surface area contributed by atoms with E-state index in [2.05, 4.69) is 10.6 Å². The van der Waals surface area contributed by atoms with Crippen LogP contribution in [0.15, 0.2) is 72.8 Å². The predicted molar refractivity (Wildman–Crippen MR) is 111 cm³/mol. The molecule has 0 bridgehead atoms. The predicted octanol–water partition coefficient (Wildman–Crippen LogP) is 5.24. The summed E-state index contributed by atoms with van der Waals surface area (Å²) in [5.74, 6) is 0.242. The van der Waals surface area contributed by atoms with Gasteiger partial charge in [-0.3, -0.25) is 9.59 Å². The average Bonchev–Trinajstić information content (AvgIpc) is 2.70. The minimum absolute atomic E-state index is 0.239. The van der Waals surface area contributed by atoms with Crippen LogP contribution in [0.1, 0.15) is 27.6 Å². The standard InChI is InChI=1S/C22H19ClN2O3/c1-2-28-20-12-10-19(11-13-20)24-21(26)15-6-8-18(9-7-15)25-22(27)16-4-3-5-17(23)14-16/h3-14H,2H2,1H3,(H,24,26)(H,25,27). The Morgan fingerprint density at radius 1 is 0.821 bits per heavy atom. The minimum Gasteiger partial charge on any atom is -0.494 e. The van der Waals surface area contributed by atoms with Crippen LogP contribution in [0.3, 0.4) is 0 Å². The van der Waals surface area contributed by atoms with Crippen LogP contribution in [0, 0.1) is 0 Å². The first kappa shape index (κ1) is 19.5. The summed E-state index contributed by atoms with van der Waals surface area (Å²) in [5.41, 5.74) is 2.20. The van der Waals surface area contributed by atoms with Crippen LogP contribution in [0.2, 0.25) is 5.02 Å². The number of carbonyl (C=O) groups is 2. The molecule has 3 aromatic rings. The van der Waals surface area contributed by atoms with Gasteiger partial charge in [0.15, 0.2) is 0 Å². The molecule has 0 aromatic heterocycles. The van der Waals surface area contributed by atoms with Crippen LogP contribution in [-0.4, -0.2) is 18.4 Å². The zero-order valence-electron chi connectivity index (χ0n) is 15.2. The summed E-state index contributed by atoms with van der Waals surface area (Å²) < 4.78 is 5.38. The Labute approximate surface area is 168 Å². The van der Waals surface area contributed by atoms with E-state index in [1.807, 2.05) is 6.92 Å². The van der Waals surface area contributed by atoms with E-state index in [1.54, 1.807) is 72.8 Å². The Balaban J connectivity index is 1.61. The molecule has 0 atom stereocenters. The second-order valence-corrected chi connectivity index (χ2v) is 6.39. The van der Waals surface area contributed by atoms with Crippen molar-refractivity contribution in [2.24, 2.45) is 0 Å². The van der Waals surface area contributed by atoms with Gasteiger partial charge in [-0.2, -0.15) is 0 Å². The van der Waals surface area contributed by atoms with E-state index < -0.39 is 0 Å². The first-order valence-corrected chi connectivity index (χ1v) is 9.14. The van der Waals surface area contributed by atoms with Crippen LogP contribution < -0.4 is 15.4 Å². The molecule has 0 aliphatic heterocycles. The number of amides is 2. The van der Waals surface area contributed by atoms with Gasteiger partial charge in [0.25, 0.3) is 11.8 Å². The molecule has 2 N–H and O–H groups in total. The molecule has 0 spiro atoms. The van der Waals surface area contributed by atoms with Crippen molar-refractivity contribution in [3.8, 4) is 5.75 Å². The van der Waals surface area contributed by atoms with E-state index in [1.165, 1.54) is 0 Å². The lowest BCUT2D eigenvalue weighted by Crippen LogP contribution is -2.13. The van der Waals surface area contributed by atoms with Crippen molar-refractivity contribution in [1.29, 1.82) is 0 Å². The normalized spacial score (nSPS) is 10.2. The number of benzene rings is 3. The molecule has 5 nitrogen and oxygen atoms in total. The molecule has 0 unspecified atom stereocenters. The van der Waals surface area contributed by atoms with Crippen molar-refractivity contribution < 1.29 is 14.3 Å². The van der Waals surface area contributed by atoms with E-state index in [0.717, 1.165) is 5.75 Å². The first-order chi connectivity index (χ1) is 13.5. The summed E-state index contributed by atoms with van der Waals surface area (Å²) in [6.07, 6.45) is 0. The molecule has 0 fully saturated rings. The third kappa shape index (κ3) is 5.11. The van der Waals surface area contributed by atoms with Crippen LogP contribution in [0.5, 0.6) is 5.75 Å². The van der Waals surface area contributed by atoms with Gasteiger partial charge in [0.1, 0.15) is 5.75 Å². The quantitative estimate of drug-likeness (QED) is 0.600. The highest BCUT2D eigenvalue weighted by Crippen LogP contribution is 2.18. The Kier molecular flexibility index (Phi) is 6.29. The van der Waals surface area contributed by atoms with E-state index >= 15 is 0 Å². The molecule has 0 saturated carbocycles. The summed E-state index contributed by atoms with van der Waals surface area (Å²) >= 11 is 5.91. The Morgan fingerprint density at radius 3 is 1.96 bits per heavy atom. The number of halogens is 1. The van der Waals surface area contributed by atoms with Gasteiger partial charge in [0.2, 0.25) is 0 Å². The van der Waals surface area contributed by atoms with Crippen molar-refractivity contribution in [1.82, 2.24) is 0 Å². The van der Waals surface area contributed by atoms with Crippen LogP contribution in [0.4, 0.5) is 11.4 Å². The molecule has 0 aliphatic carbocycles. The molecule has 28 heavy (non-hydrogen) atoms. The fourth-order valence-electron chi connectivity index (χ4n) is 2.54. The lowest BCUT2D eigenvalue weighted by atomic mass is 10.1. The van der Waals surface area contributed by atoms with Crippen LogP contribution in [0.25, 0.3) is 0 Å². The molecular formula is C22H19ClN2O3. The number of nitrogens with one attached hydrogen (secondary N) is 2. The molecule has 0 radical (unpaired) electrons. The van der Waals surface area contributed by atoms with Crippen molar-refractivity contribution in [2.45, 2.75) is 6.92 Å². The van der Waals surface area contributed by atoms with Gasteiger partial charge >= 0.3 is 0 Å². The topological polar surface area (TPSA) is 67.4 Å². The minimum atomic E-state index is -0.269. The van der Waals surface area contributed by atoms with Crippen LogP contribution in [-0.2, 0) is 0 Å². The maximum absolute atomic E-state index is 12.4. The summed E-state index contributed by atoms with van der Waals surface area (Å²) in [6, 6.07) is 20.5. The van der Waals surface area contributed by atoms with Gasteiger partial charge in [-0.15, -0.1) is 0 Å². The number of hydrogen-bond donors (Lipinski definition) is 2. The molecule has 3 rings (SSSR count). The zero-order valence-corrected chi connectivity index (χ0v) is 16.0. The second kappa shape index (κ2) is 9.06. The highest BCUT2D eigenvalue weighted by molar-refractivity contribution is 6.31. The second-order valence-electron chi connectivity index (χ2n) is 5.95. The van der Waals surface area contributed by atoms with Gasteiger partial charge < -0.3 is 15.4 Å². The molecular weight excluding hydrogens is 376 g/mol. The van der Waals surface area contributed by atoms with Crippen molar-refractivity contribution >= 4 is 34.8 Å². The lowest BCUT2D eigenvalue weighted by molar-refractivity contribution is 0.102. The lowest BCUT2D eigenvalue weighted by Gasteiger charge is -2.09. The number of hydrogen-bond acceptors (Lipinski definition) is 3. The molecule has 0 heterocycles. The SMILES string of the molecule is CCOc1ccc(NC(=O)c2ccc(NC(=O)c3cccc(Cl)c3)cc2)cc1. The highest BCUT2D eigenvalue weighted by Gasteiger charge is 2.09. The van der Waals surface area contributed by atoms with Gasteiger partial charge in [-0.05, 0) is 73.7 Å². The van der Waals surface area contributed by atoms with E-state index in [4.69, 9.17) is 16.3 Å². The highest BCUT2D eigenvalue weighted by atomic mass is 35.5. The smallest absolute Gasteiger partial charge is 0.255 e. The third-order valence-electron chi connectivity index (χ3n) is 3.91. The largest absolute Gasteiger partial charge is 0.494 e. The molecule has 6 heteroatoms. The van der Waals surface area contributed by atoms with Crippen molar-refractivity contribution in [3.63, 3.8) is 0 Å². The van der Waals surface area contributed by atoms with Crippen LogP contribution >= 0.6 is 11.6 Å². The van der Waals surface area contributed by atoms with Crippen molar-refractivity contribution in [2.75, 3.05) is 17.2 Å². The fraction of sp³-hybridized carbons (Fsp3) is 0.0909.